The van der Waals surface area contributed by atoms with E-state index in [1.807, 2.05) is 38.1 Å². The minimum Gasteiger partial charge on any atom is -0.392 e. The third-order valence-corrected chi connectivity index (χ3v) is 5.95. The van der Waals surface area contributed by atoms with Gasteiger partial charge < -0.3 is 24.1 Å². The fraction of sp³-hybridized carbons (Fsp3) is 0.455. The third-order valence-electron chi connectivity index (χ3n) is 5.95. The summed E-state index contributed by atoms with van der Waals surface area (Å²) in [6, 6.07) is 14.4. The molecule has 0 bridgehead atoms. The average Bonchev–Trinajstić information content (AvgIpc) is 3.02. The number of benzene rings is 2. The highest BCUT2D eigenvalue weighted by molar-refractivity contribution is 5.73. The Morgan fingerprint density at radius 3 is 2.07 bits per heavy atom. The molecule has 0 amide bonds. The van der Waals surface area contributed by atoms with Crippen molar-refractivity contribution in [1.82, 2.24) is 0 Å². The van der Waals surface area contributed by atoms with Crippen LogP contribution in [0.15, 0.2) is 42.5 Å². The van der Waals surface area contributed by atoms with E-state index < -0.39 is 5.41 Å². The molecule has 0 aromatic heterocycles. The van der Waals surface area contributed by atoms with Gasteiger partial charge >= 0.3 is 0 Å². The Balaban J connectivity index is 1.58. The smallest absolute Gasteiger partial charge is 0.174 e. The fourth-order valence-corrected chi connectivity index (χ4v) is 4.65. The minimum atomic E-state index is -0.404. The van der Waals surface area contributed by atoms with Crippen molar-refractivity contribution >= 4 is 0 Å². The summed E-state index contributed by atoms with van der Waals surface area (Å²) in [5, 5.41) is 9.94. The standard InChI is InChI=1S/C22H24O5/c1-13-24-20(25-13)22(21-26-14(2)27-21)10-16-8-9-17(12-23)19(18(16)11-22)15-6-4-3-5-7-15/h3-9,13-14,20-21,23H,10-12H2,1-2H3. The van der Waals surface area contributed by atoms with Gasteiger partial charge in [0.25, 0.3) is 0 Å². The van der Waals surface area contributed by atoms with Gasteiger partial charge in [0.2, 0.25) is 0 Å². The Hall–Kier alpha value is -1.76. The Morgan fingerprint density at radius 2 is 1.52 bits per heavy atom. The van der Waals surface area contributed by atoms with Crippen molar-refractivity contribution in [3.8, 4) is 11.1 Å². The van der Waals surface area contributed by atoms with Crippen LogP contribution in [0.1, 0.15) is 30.5 Å². The molecule has 2 aromatic carbocycles. The van der Waals surface area contributed by atoms with Gasteiger partial charge in [0.05, 0.1) is 12.0 Å². The number of hydrogen-bond acceptors (Lipinski definition) is 5. The molecule has 5 heteroatoms. The van der Waals surface area contributed by atoms with E-state index in [4.69, 9.17) is 18.9 Å². The van der Waals surface area contributed by atoms with E-state index in [-0.39, 0.29) is 31.8 Å². The van der Waals surface area contributed by atoms with Crippen molar-refractivity contribution in [2.45, 2.75) is 58.5 Å². The maximum Gasteiger partial charge on any atom is 0.174 e. The molecule has 2 heterocycles. The first-order valence-electron chi connectivity index (χ1n) is 9.52. The quantitative estimate of drug-likeness (QED) is 0.897. The maximum absolute atomic E-state index is 9.94. The number of hydrogen-bond donors (Lipinski definition) is 1. The van der Waals surface area contributed by atoms with Gasteiger partial charge in [-0.1, -0.05) is 42.5 Å². The maximum atomic E-state index is 9.94. The zero-order chi connectivity index (χ0) is 18.6. The molecule has 2 fully saturated rings. The second-order valence-corrected chi connectivity index (χ2v) is 7.69. The average molecular weight is 368 g/mol. The van der Waals surface area contributed by atoms with Crippen LogP contribution in [0.2, 0.25) is 0 Å². The van der Waals surface area contributed by atoms with Gasteiger partial charge in [-0.15, -0.1) is 0 Å². The number of ether oxygens (including phenoxy) is 4. The van der Waals surface area contributed by atoms with Crippen LogP contribution in [-0.4, -0.2) is 30.3 Å². The highest BCUT2D eigenvalue weighted by atomic mass is 16.9. The van der Waals surface area contributed by atoms with Crippen LogP contribution in [0, 0.1) is 5.41 Å². The van der Waals surface area contributed by atoms with Gasteiger partial charge in [0.1, 0.15) is 0 Å². The van der Waals surface area contributed by atoms with Gasteiger partial charge in [-0.2, -0.15) is 0 Å². The first kappa shape index (κ1) is 17.3. The van der Waals surface area contributed by atoms with Crippen molar-refractivity contribution in [1.29, 1.82) is 0 Å². The van der Waals surface area contributed by atoms with Crippen LogP contribution in [0.5, 0.6) is 0 Å². The summed E-state index contributed by atoms with van der Waals surface area (Å²) in [5.74, 6) is 0. The van der Waals surface area contributed by atoms with E-state index in [0.29, 0.717) is 0 Å². The monoisotopic (exact) mass is 368 g/mol. The number of fused-ring (bicyclic) bond motifs is 1. The van der Waals surface area contributed by atoms with Crippen LogP contribution < -0.4 is 0 Å². The SMILES string of the molecule is CC1OC(C2(C3OC(C)O3)Cc3ccc(CO)c(-c4ccccc4)c3C2)O1. The molecule has 27 heavy (non-hydrogen) atoms. The number of aliphatic hydroxyl groups is 1. The normalized spacial score (nSPS) is 34.6. The molecule has 0 spiro atoms. The minimum absolute atomic E-state index is 0.00539. The van der Waals surface area contributed by atoms with Crippen molar-refractivity contribution in [3.05, 3.63) is 59.2 Å². The van der Waals surface area contributed by atoms with Gasteiger partial charge in [-0.25, -0.2) is 0 Å². The highest BCUT2D eigenvalue weighted by Gasteiger charge is 2.60. The van der Waals surface area contributed by atoms with Crippen LogP contribution in [-0.2, 0) is 38.4 Å². The van der Waals surface area contributed by atoms with E-state index in [0.717, 1.165) is 29.5 Å². The zero-order valence-electron chi connectivity index (χ0n) is 15.6. The second kappa shape index (κ2) is 6.40. The fourth-order valence-electron chi connectivity index (χ4n) is 4.65. The van der Waals surface area contributed by atoms with E-state index in [1.165, 1.54) is 11.1 Å². The Morgan fingerprint density at radius 1 is 0.889 bits per heavy atom. The second-order valence-electron chi connectivity index (χ2n) is 7.69. The molecule has 2 aliphatic heterocycles. The molecule has 0 atom stereocenters. The van der Waals surface area contributed by atoms with E-state index in [2.05, 4.69) is 18.2 Å². The summed E-state index contributed by atoms with van der Waals surface area (Å²) >= 11 is 0. The molecular weight excluding hydrogens is 344 g/mol. The van der Waals surface area contributed by atoms with Gasteiger partial charge in [0.15, 0.2) is 25.2 Å². The van der Waals surface area contributed by atoms with Crippen molar-refractivity contribution in [2.24, 2.45) is 5.41 Å². The van der Waals surface area contributed by atoms with Crippen LogP contribution in [0.4, 0.5) is 0 Å². The first-order valence-corrected chi connectivity index (χ1v) is 9.52. The van der Waals surface area contributed by atoms with Crippen molar-refractivity contribution < 1.29 is 24.1 Å². The molecule has 2 aromatic rings. The van der Waals surface area contributed by atoms with Crippen molar-refractivity contribution in [2.75, 3.05) is 0 Å². The summed E-state index contributed by atoms with van der Waals surface area (Å²) in [4.78, 5) is 0. The lowest BCUT2D eigenvalue weighted by Crippen LogP contribution is -2.62. The molecule has 1 N–H and O–H groups in total. The summed E-state index contributed by atoms with van der Waals surface area (Å²) in [5.41, 5.74) is 5.22. The first-order chi connectivity index (χ1) is 13.1. The molecule has 5 nitrogen and oxygen atoms in total. The van der Waals surface area contributed by atoms with Gasteiger partial charge in [-0.05, 0) is 54.5 Å². The van der Waals surface area contributed by atoms with Crippen LogP contribution in [0.25, 0.3) is 11.1 Å². The highest BCUT2D eigenvalue weighted by Crippen LogP contribution is 2.53. The summed E-state index contributed by atoms with van der Waals surface area (Å²) < 4.78 is 23.7. The molecule has 0 saturated carbocycles. The zero-order valence-corrected chi connectivity index (χ0v) is 15.6. The van der Waals surface area contributed by atoms with E-state index >= 15 is 0 Å². The van der Waals surface area contributed by atoms with E-state index in [9.17, 15) is 5.11 Å². The van der Waals surface area contributed by atoms with E-state index in [1.54, 1.807) is 0 Å². The van der Waals surface area contributed by atoms with Crippen LogP contribution >= 0.6 is 0 Å². The Bertz CT molecular complexity index is 819. The van der Waals surface area contributed by atoms with Gasteiger partial charge in [-0.3, -0.25) is 0 Å². The molecule has 0 unspecified atom stereocenters. The lowest BCUT2D eigenvalue weighted by Gasteiger charge is -2.52. The molecule has 5 rings (SSSR count). The Labute approximate surface area is 158 Å². The van der Waals surface area contributed by atoms with Gasteiger partial charge in [0, 0.05) is 0 Å². The molecule has 3 aliphatic rings. The molecule has 142 valence electrons. The number of rotatable bonds is 4. The molecular formula is C22H24O5. The Kier molecular flexibility index (Phi) is 4.11. The molecule has 1 aliphatic carbocycles. The lowest BCUT2D eigenvalue weighted by atomic mass is 9.80. The summed E-state index contributed by atoms with van der Waals surface area (Å²) in [6.45, 7) is 3.80. The summed E-state index contributed by atoms with van der Waals surface area (Å²) in [6.07, 6.45) is 0.402. The third kappa shape index (κ3) is 2.65. The predicted molar refractivity (Wildman–Crippen MR) is 98.5 cm³/mol. The molecule has 0 radical (unpaired) electrons. The number of aliphatic hydroxyl groups excluding tert-OH is 1. The van der Waals surface area contributed by atoms with Crippen LogP contribution in [0.3, 0.4) is 0 Å². The largest absolute Gasteiger partial charge is 0.392 e. The summed E-state index contributed by atoms with van der Waals surface area (Å²) in [7, 11) is 0. The lowest BCUT2D eigenvalue weighted by molar-refractivity contribution is -0.479. The topological polar surface area (TPSA) is 57.2 Å². The molecule has 2 saturated heterocycles. The van der Waals surface area contributed by atoms with Crippen molar-refractivity contribution in [3.63, 3.8) is 0 Å². The predicted octanol–water partition coefficient (Wildman–Crippen LogP) is 3.37.